The van der Waals surface area contributed by atoms with Crippen LogP contribution in [0.2, 0.25) is 0 Å². The maximum atomic E-state index is 12.4. The topological polar surface area (TPSA) is 290 Å². The molecule has 0 aliphatic carbocycles. The molecule has 0 bridgehead atoms. The summed E-state index contributed by atoms with van der Waals surface area (Å²) >= 11 is 0. The third-order valence-electron chi connectivity index (χ3n) is 23.6. The lowest BCUT2D eigenvalue weighted by atomic mass is 9.99. The number of phenolic OH excluding ortho intramolecular Hbond substituents is 3. The second-order valence-corrected chi connectivity index (χ2v) is 31.3. The number of carbonyl (C=O) groups is 3. The Labute approximate surface area is 690 Å². The Kier molecular flexibility index (Phi) is 27.2. The highest BCUT2D eigenvalue weighted by Gasteiger charge is 2.38. The van der Waals surface area contributed by atoms with Gasteiger partial charge in [-0.25, -0.2) is 0 Å². The number of phenols is 3. The summed E-state index contributed by atoms with van der Waals surface area (Å²) < 4.78 is 18.0. The van der Waals surface area contributed by atoms with Crippen LogP contribution >= 0.6 is 0 Å². The quantitative estimate of drug-likeness (QED) is 0.0277. The minimum absolute atomic E-state index is 0.000983. The van der Waals surface area contributed by atoms with E-state index in [0.29, 0.717) is 142 Å². The van der Waals surface area contributed by atoms with Crippen LogP contribution in [0, 0.1) is 6.92 Å². The number of aliphatic hydroxyl groups is 2. The second-order valence-electron chi connectivity index (χ2n) is 31.3. The number of anilines is 6. The van der Waals surface area contributed by atoms with Crippen molar-refractivity contribution in [3.8, 4) is 35.3 Å². The van der Waals surface area contributed by atoms with Gasteiger partial charge in [-0.05, 0) is 137 Å². The number of ether oxygens (including phenoxy) is 3. The van der Waals surface area contributed by atoms with Gasteiger partial charge in [0.1, 0.15) is 34.7 Å². The highest BCUT2D eigenvalue weighted by atomic mass is 16.5. The van der Waals surface area contributed by atoms with Gasteiger partial charge >= 0.3 is 18.0 Å². The van der Waals surface area contributed by atoms with Crippen molar-refractivity contribution < 1.29 is 54.1 Å². The summed E-state index contributed by atoms with van der Waals surface area (Å²) in [4.78, 5) is 87.6. The van der Waals surface area contributed by atoms with Crippen molar-refractivity contribution in [1.82, 2.24) is 49.5 Å². The van der Waals surface area contributed by atoms with Crippen LogP contribution in [-0.4, -0.2) is 243 Å². The average molecular weight is 1610 g/mol. The van der Waals surface area contributed by atoms with Crippen LogP contribution in [0.5, 0.6) is 35.3 Å². The molecule has 0 saturated carbocycles. The number of benzene rings is 6. The lowest BCUT2D eigenvalue weighted by Gasteiger charge is -2.43. The summed E-state index contributed by atoms with van der Waals surface area (Å²) in [7, 11) is 0. The molecular formula is C91H112N16O11. The Morgan fingerprint density at radius 2 is 0.932 bits per heavy atom. The number of amides is 3. The number of carbonyl (C=O) groups excluding carboxylic acids is 3. The molecule has 7 aliphatic heterocycles. The summed E-state index contributed by atoms with van der Waals surface area (Å²) in [6, 6.07) is 34.3. The van der Waals surface area contributed by atoms with Gasteiger partial charge in [0.15, 0.2) is 0 Å². The Hall–Kier alpha value is -11.6. The molecule has 0 radical (unpaired) electrons. The predicted molar refractivity (Wildman–Crippen MR) is 462 cm³/mol. The summed E-state index contributed by atoms with van der Waals surface area (Å²) in [6.45, 7) is 32.1. The van der Waals surface area contributed by atoms with E-state index in [9.17, 15) is 39.9 Å². The molecule has 2 unspecified atom stereocenters. The van der Waals surface area contributed by atoms with Crippen LogP contribution in [0.4, 0.5) is 34.5 Å². The molecule has 4 saturated heterocycles. The number of aromatic hydroxyl groups is 3. The van der Waals surface area contributed by atoms with Crippen molar-refractivity contribution in [2.75, 3.05) is 167 Å². The largest absolute Gasteiger partial charge is 0.508 e. The average Bonchev–Trinajstić information content (AvgIpc) is 0.768. The fourth-order valence-corrected chi connectivity index (χ4v) is 17.6. The maximum absolute atomic E-state index is 12.4. The SMILES string of the molecule is C=CC(=O)N1CCN(c2nc(OCCC)nc3c2CCN(c2cc(O)cc4ccccc24)C3)C(CCO)C1.C=CC(=O)N1CCN(c2nc(OCCC)nc3c2CCN(c2cc(O)cc4ccccc24)C3)CC1CCO.C=CC(=O)N1CCN(c2nc(OCCCN3CCCCC3)nc3c2CCN(c2c(C)c(O)cc4ccccc24)C3)CC1. The number of rotatable bonds is 24. The van der Waals surface area contributed by atoms with Crippen LogP contribution < -0.4 is 43.6 Å². The Bertz CT molecular complexity index is 5090. The Morgan fingerprint density at radius 3 is 1.48 bits per heavy atom. The molecule has 6 aromatic carbocycles. The van der Waals surface area contributed by atoms with Gasteiger partial charge in [0.05, 0.1) is 74.3 Å². The normalized spacial score (nSPS) is 17.6. The predicted octanol–water partition coefficient (Wildman–Crippen LogP) is 10.8. The van der Waals surface area contributed by atoms with E-state index in [0.717, 1.165) is 171 Å². The molecule has 622 valence electrons. The molecule has 118 heavy (non-hydrogen) atoms. The number of aliphatic hydroxyl groups excluding tert-OH is 2. The van der Waals surface area contributed by atoms with Gasteiger partial charge in [0.25, 0.3) is 0 Å². The third kappa shape index (κ3) is 18.9. The second kappa shape index (κ2) is 38.7. The smallest absolute Gasteiger partial charge is 0.318 e. The van der Waals surface area contributed by atoms with Crippen LogP contribution in [0.1, 0.15) is 105 Å². The number of fused-ring (bicyclic) bond motifs is 6. The van der Waals surface area contributed by atoms with Gasteiger partial charge in [0, 0.05) is 167 Å². The zero-order chi connectivity index (χ0) is 82.3. The van der Waals surface area contributed by atoms with Crippen LogP contribution in [0.3, 0.4) is 0 Å². The number of nitrogens with zero attached hydrogens (tertiary/aromatic N) is 16. The number of hydrogen-bond acceptors (Lipinski definition) is 24. The minimum atomic E-state index is -0.136. The molecule has 4 fully saturated rings. The number of aromatic nitrogens is 6. The van der Waals surface area contributed by atoms with Gasteiger partial charge in [-0.3, -0.25) is 14.4 Å². The summed E-state index contributed by atoms with van der Waals surface area (Å²) in [5.41, 5.74) is 9.95. The fourth-order valence-electron chi connectivity index (χ4n) is 17.6. The van der Waals surface area contributed by atoms with E-state index >= 15 is 0 Å². The molecular weight excluding hydrogens is 1490 g/mol. The first-order chi connectivity index (χ1) is 57.5. The molecule has 16 rings (SSSR count). The van der Waals surface area contributed by atoms with E-state index < -0.39 is 0 Å². The number of likely N-dealkylation sites (tertiary alicyclic amines) is 1. The fraction of sp³-hybridized carbons (Fsp3) is 0.440. The zero-order valence-electron chi connectivity index (χ0n) is 68.4. The lowest BCUT2D eigenvalue weighted by molar-refractivity contribution is -0.129. The molecule has 27 nitrogen and oxygen atoms in total. The number of piperazine rings is 3. The summed E-state index contributed by atoms with van der Waals surface area (Å²) in [5, 5.41) is 57.3. The van der Waals surface area contributed by atoms with Gasteiger partial charge < -0.3 is 88.7 Å². The van der Waals surface area contributed by atoms with Crippen molar-refractivity contribution in [3.05, 3.63) is 180 Å². The first kappa shape index (κ1) is 83.0. The Morgan fingerprint density at radius 1 is 0.466 bits per heavy atom. The van der Waals surface area contributed by atoms with Crippen LogP contribution in [0.25, 0.3) is 32.3 Å². The lowest BCUT2D eigenvalue weighted by Crippen LogP contribution is -2.55. The molecule has 5 N–H and O–H groups in total. The first-order valence-corrected chi connectivity index (χ1v) is 42.0. The Balaban J connectivity index is 0.000000146. The first-order valence-electron chi connectivity index (χ1n) is 42.0. The zero-order valence-corrected chi connectivity index (χ0v) is 68.4. The minimum Gasteiger partial charge on any atom is -0.508 e. The van der Waals surface area contributed by atoms with E-state index in [2.05, 4.69) is 72.2 Å². The molecule has 7 aliphatic rings. The van der Waals surface area contributed by atoms with E-state index in [1.807, 2.05) is 98.5 Å². The molecule has 0 spiro atoms. The molecule has 27 heteroatoms. The molecule has 9 aromatic rings. The monoisotopic (exact) mass is 1600 g/mol. The summed E-state index contributed by atoms with van der Waals surface area (Å²) in [6.07, 6.45) is 13.9. The molecule has 10 heterocycles. The van der Waals surface area contributed by atoms with Gasteiger partial charge in [-0.2, -0.15) is 29.9 Å². The van der Waals surface area contributed by atoms with Crippen molar-refractivity contribution in [1.29, 1.82) is 0 Å². The third-order valence-corrected chi connectivity index (χ3v) is 23.6. The molecule has 3 amide bonds. The standard InChI is InChI=1S/C33H42N6O3.2C29H35N5O4/c1-3-30(41)37-17-19-38(20-18-37)32-27-12-16-39(31-24(2)29(40)22-25-10-5-6-11-26(25)31)23-28(27)34-33(35-32)42-21-9-15-36-13-7-4-8-14-36;1-3-15-38-29-30-25-19-32(26-17-22(36)16-20-7-5-6-8-23(20)26)11-9-24(25)28(31-29)33-12-13-34(27(37)4-2)21(18-33)10-14-35;1-3-15-38-29-30-25-19-32(26-17-22(36)16-20-7-5-6-8-23(20)26)11-9-24(25)28(31-29)34-13-12-33(27(37)4-2)18-21(34)10-14-35/h3,5-6,10-11,22,40H,1,4,7-9,12-21,23H2,2H3;2*4-8,16-17,21,35-36H,2-3,9-15,18-19H2,1H3. The van der Waals surface area contributed by atoms with Gasteiger partial charge in [0.2, 0.25) is 17.7 Å². The van der Waals surface area contributed by atoms with Crippen LogP contribution in [-0.2, 0) is 53.3 Å². The molecule has 2 atom stereocenters. The summed E-state index contributed by atoms with van der Waals surface area (Å²) in [5.74, 6) is 3.13. The van der Waals surface area contributed by atoms with Crippen molar-refractivity contribution in [2.24, 2.45) is 0 Å². The van der Waals surface area contributed by atoms with E-state index in [4.69, 9.17) is 44.1 Å². The van der Waals surface area contributed by atoms with Crippen LogP contribution in [0.15, 0.2) is 141 Å². The van der Waals surface area contributed by atoms with E-state index in [-0.39, 0.29) is 54.5 Å². The highest BCUT2D eigenvalue weighted by molar-refractivity contribution is 5.99. The van der Waals surface area contributed by atoms with Crippen molar-refractivity contribution >= 4 is 84.6 Å². The number of piperidine rings is 1. The van der Waals surface area contributed by atoms with E-state index in [1.54, 1.807) is 21.9 Å². The van der Waals surface area contributed by atoms with Crippen molar-refractivity contribution in [2.45, 2.75) is 123 Å². The highest BCUT2D eigenvalue weighted by Crippen LogP contribution is 2.43. The maximum Gasteiger partial charge on any atom is 0.318 e. The number of hydrogen-bond donors (Lipinski definition) is 5. The van der Waals surface area contributed by atoms with Gasteiger partial charge in [-0.1, -0.05) is 113 Å². The molecule has 3 aromatic heterocycles. The van der Waals surface area contributed by atoms with E-state index in [1.165, 1.54) is 50.6 Å². The van der Waals surface area contributed by atoms with Crippen molar-refractivity contribution in [3.63, 3.8) is 0 Å². The van der Waals surface area contributed by atoms with Gasteiger partial charge in [-0.15, -0.1) is 0 Å².